The van der Waals surface area contributed by atoms with Crippen molar-refractivity contribution in [2.24, 2.45) is 5.10 Å². The summed E-state index contributed by atoms with van der Waals surface area (Å²) in [5, 5.41) is 15.2. The molecule has 0 saturated carbocycles. The Bertz CT molecular complexity index is 1320. The molecular weight excluding hydrogens is 438 g/mol. The summed E-state index contributed by atoms with van der Waals surface area (Å²) in [6.07, 6.45) is 1.94. The Morgan fingerprint density at radius 3 is 2.53 bits per heavy atom. The minimum Gasteiger partial charge on any atom is -0.453 e. The van der Waals surface area contributed by atoms with Gasteiger partial charge in [0, 0.05) is 35.2 Å². The fourth-order valence-corrected chi connectivity index (χ4v) is 4.06. The van der Waals surface area contributed by atoms with E-state index in [0.717, 1.165) is 17.5 Å². The second kappa shape index (κ2) is 9.30. The molecule has 34 heavy (non-hydrogen) atoms. The Balaban J connectivity index is 1.57. The number of hydrazone groups is 1. The highest BCUT2D eigenvalue weighted by molar-refractivity contribution is 6.06. The van der Waals surface area contributed by atoms with E-state index in [-0.39, 0.29) is 17.0 Å². The third kappa shape index (κ3) is 4.73. The largest absolute Gasteiger partial charge is 0.453 e. The van der Waals surface area contributed by atoms with E-state index in [1.54, 1.807) is 19.1 Å². The third-order valence-corrected chi connectivity index (χ3v) is 5.53. The number of fused-ring (bicyclic) bond motifs is 1. The van der Waals surface area contributed by atoms with Gasteiger partial charge >= 0.3 is 5.97 Å². The number of nitro groups is 1. The van der Waals surface area contributed by atoms with Gasteiger partial charge in [-0.3, -0.25) is 14.9 Å². The lowest BCUT2D eigenvalue weighted by atomic mass is 9.93. The lowest BCUT2D eigenvalue weighted by molar-refractivity contribution is -0.384. The Morgan fingerprint density at radius 1 is 1.09 bits per heavy atom. The van der Waals surface area contributed by atoms with E-state index in [1.807, 2.05) is 19.9 Å². The van der Waals surface area contributed by atoms with Crippen molar-refractivity contribution in [3.8, 4) is 5.75 Å². The van der Waals surface area contributed by atoms with Crippen LogP contribution in [0.15, 0.2) is 52.0 Å². The van der Waals surface area contributed by atoms with Crippen LogP contribution in [0.5, 0.6) is 5.75 Å². The standard InChI is InChI=1S/C25H23N3O6/c1-14-10-15(2)12-19(11-14)33-25(30)23-16(3)22-20(8-5-9-21(22)34-23)26-27-24(29)17-6-4-7-18(13-17)28(31)32/h4,6-7,10-13H,5,8-9H2,1-3H3,(H,27,29)/b26-20+. The number of ether oxygens (including phenoxy) is 1. The van der Waals surface area contributed by atoms with Gasteiger partial charge in [0.25, 0.3) is 11.6 Å². The molecule has 0 spiro atoms. The van der Waals surface area contributed by atoms with Gasteiger partial charge in [0.2, 0.25) is 5.76 Å². The average Bonchev–Trinajstić information content (AvgIpc) is 3.14. The van der Waals surface area contributed by atoms with Crippen LogP contribution in [0.25, 0.3) is 0 Å². The molecule has 1 heterocycles. The Labute approximate surface area is 195 Å². The van der Waals surface area contributed by atoms with Crippen molar-refractivity contribution in [3.63, 3.8) is 0 Å². The number of non-ortho nitro benzene ring substituents is 1. The van der Waals surface area contributed by atoms with Crippen molar-refractivity contribution in [1.29, 1.82) is 0 Å². The second-order valence-electron chi connectivity index (χ2n) is 8.23. The molecule has 1 amide bonds. The molecule has 0 bridgehead atoms. The first-order valence-corrected chi connectivity index (χ1v) is 10.8. The highest BCUT2D eigenvalue weighted by Gasteiger charge is 2.29. The lowest BCUT2D eigenvalue weighted by Gasteiger charge is -2.13. The van der Waals surface area contributed by atoms with Crippen molar-refractivity contribution < 1.29 is 23.7 Å². The van der Waals surface area contributed by atoms with Gasteiger partial charge in [0.05, 0.1) is 10.6 Å². The number of furan rings is 1. The van der Waals surface area contributed by atoms with Crippen molar-refractivity contribution in [1.82, 2.24) is 5.43 Å². The number of hydrogen-bond donors (Lipinski definition) is 1. The number of aryl methyl sites for hydroxylation is 3. The first-order valence-electron chi connectivity index (χ1n) is 10.8. The topological polar surface area (TPSA) is 124 Å². The molecule has 1 aliphatic carbocycles. The molecule has 9 nitrogen and oxygen atoms in total. The molecule has 0 atom stereocenters. The monoisotopic (exact) mass is 461 g/mol. The highest BCUT2D eigenvalue weighted by Crippen LogP contribution is 2.31. The zero-order valence-electron chi connectivity index (χ0n) is 19.0. The maximum absolute atomic E-state index is 12.8. The fourth-order valence-electron chi connectivity index (χ4n) is 4.06. The summed E-state index contributed by atoms with van der Waals surface area (Å²) in [5.41, 5.74) is 6.20. The summed E-state index contributed by atoms with van der Waals surface area (Å²) in [5.74, 6) is -0.0200. The lowest BCUT2D eigenvalue weighted by Crippen LogP contribution is -2.22. The van der Waals surface area contributed by atoms with Crippen LogP contribution >= 0.6 is 0 Å². The summed E-state index contributed by atoms with van der Waals surface area (Å²) in [6, 6.07) is 10.9. The van der Waals surface area contributed by atoms with E-state index in [1.165, 1.54) is 24.3 Å². The number of nitrogens with one attached hydrogen (secondary N) is 1. The predicted molar refractivity (Wildman–Crippen MR) is 124 cm³/mol. The molecule has 2 aromatic carbocycles. The molecule has 1 aliphatic rings. The summed E-state index contributed by atoms with van der Waals surface area (Å²) >= 11 is 0. The number of benzene rings is 2. The number of amides is 1. The van der Waals surface area contributed by atoms with Crippen LogP contribution < -0.4 is 10.2 Å². The summed E-state index contributed by atoms with van der Waals surface area (Å²) in [7, 11) is 0. The van der Waals surface area contributed by atoms with Gasteiger partial charge in [-0.1, -0.05) is 12.1 Å². The molecule has 0 unspecified atom stereocenters. The van der Waals surface area contributed by atoms with Crippen molar-refractivity contribution in [3.05, 3.63) is 91.9 Å². The Hall–Kier alpha value is -4.27. The van der Waals surface area contributed by atoms with Crippen LogP contribution in [-0.4, -0.2) is 22.5 Å². The van der Waals surface area contributed by atoms with E-state index in [0.29, 0.717) is 41.2 Å². The molecule has 4 rings (SSSR count). The zero-order chi connectivity index (χ0) is 24.4. The maximum atomic E-state index is 12.8. The SMILES string of the molecule is Cc1cc(C)cc(OC(=O)c2oc3c(c2C)/C(=N/NC(=O)c2cccc([N+](=O)[O-])c2)CCC3)c1. The first-order chi connectivity index (χ1) is 16.2. The van der Waals surface area contributed by atoms with Crippen LogP contribution in [0.2, 0.25) is 0 Å². The number of nitro benzene ring substituents is 1. The van der Waals surface area contributed by atoms with Crippen LogP contribution in [0.3, 0.4) is 0 Å². The number of nitrogens with zero attached hydrogens (tertiary/aromatic N) is 2. The van der Waals surface area contributed by atoms with Gasteiger partial charge in [-0.05, 0) is 62.9 Å². The summed E-state index contributed by atoms with van der Waals surface area (Å²) in [6.45, 7) is 5.60. The van der Waals surface area contributed by atoms with E-state index in [9.17, 15) is 19.7 Å². The number of carbonyl (C=O) groups excluding carboxylic acids is 2. The van der Waals surface area contributed by atoms with Gasteiger partial charge in [-0.2, -0.15) is 5.10 Å². The van der Waals surface area contributed by atoms with Crippen LogP contribution in [0.4, 0.5) is 5.69 Å². The van der Waals surface area contributed by atoms with Gasteiger partial charge < -0.3 is 9.15 Å². The summed E-state index contributed by atoms with van der Waals surface area (Å²) < 4.78 is 11.4. The quantitative estimate of drug-likeness (QED) is 0.252. The molecule has 0 fully saturated rings. The minimum atomic E-state index is -0.600. The molecular formula is C25H23N3O6. The number of hydrogen-bond acceptors (Lipinski definition) is 7. The van der Waals surface area contributed by atoms with Gasteiger partial charge in [0.15, 0.2) is 0 Å². The van der Waals surface area contributed by atoms with Gasteiger partial charge in [0.1, 0.15) is 11.5 Å². The highest BCUT2D eigenvalue weighted by atomic mass is 16.6. The van der Waals surface area contributed by atoms with E-state index >= 15 is 0 Å². The Morgan fingerprint density at radius 2 is 1.82 bits per heavy atom. The van der Waals surface area contributed by atoms with Crippen molar-refractivity contribution in [2.45, 2.75) is 40.0 Å². The number of rotatable bonds is 5. The minimum absolute atomic E-state index is 0.101. The molecule has 3 aromatic rings. The van der Waals surface area contributed by atoms with Crippen molar-refractivity contribution in [2.75, 3.05) is 0 Å². The van der Waals surface area contributed by atoms with Crippen LogP contribution in [-0.2, 0) is 6.42 Å². The van der Waals surface area contributed by atoms with Crippen molar-refractivity contribution >= 4 is 23.3 Å². The van der Waals surface area contributed by atoms with E-state index in [2.05, 4.69) is 10.5 Å². The van der Waals surface area contributed by atoms with E-state index < -0.39 is 16.8 Å². The molecule has 1 N–H and O–H groups in total. The van der Waals surface area contributed by atoms with E-state index in [4.69, 9.17) is 9.15 Å². The second-order valence-corrected chi connectivity index (χ2v) is 8.23. The van der Waals surface area contributed by atoms with Crippen LogP contribution in [0.1, 0.15) is 61.8 Å². The third-order valence-electron chi connectivity index (χ3n) is 5.53. The summed E-state index contributed by atoms with van der Waals surface area (Å²) in [4.78, 5) is 35.7. The smallest absolute Gasteiger partial charge is 0.379 e. The predicted octanol–water partition coefficient (Wildman–Crippen LogP) is 4.80. The molecule has 0 aliphatic heterocycles. The fraction of sp³-hybridized carbons (Fsp3) is 0.240. The first kappa shape index (κ1) is 22.9. The molecule has 9 heteroatoms. The number of carbonyl (C=O) groups is 2. The average molecular weight is 461 g/mol. The molecule has 174 valence electrons. The molecule has 0 radical (unpaired) electrons. The van der Waals surface area contributed by atoms with Gasteiger partial charge in [-0.15, -0.1) is 0 Å². The zero-order valence-corrected chi connectivity index (χ0v) is 19.0. The van der Waals surface area contributed by atoms with Gasteiger partial charge in [-0.25, -0.2) is 10.2 Å². The van der Waals surface area contributed by atoms with Crippen LogP contribution in [0, 0.1) is 30.9 Å². The molecule has 1 aromatic heterocycles. The maximum Gasteiger partial charge on any atom is 0.379 e. The molecule has 0 saturated heterocycles. The normalized spacial score (nSPS) is 13.9. The Kier molecular flexibility index (Phi) is 6.27. The number of esters is 1.